The normalized spacial score (nSPS) is 45.0. The van der Waals surface area contributed by atoms with Gasteiger partial charge < -0.3 is 18.9 Å². The Balaban J connectivity index is 1.61. The molecule has 4 fully saturated rings. The number of hydrogen-bond donors (Lipinski definition) is 0. The average molecular weight is 503 g/mol. The standard InChI is InChI=1S/C28H38O8/c1-15(29)33-19-6-9-26(4)18(12-19)13-21(34-16(2)30)24-20-7-10-28(11-8-23(32)36-28)27(20,5)14-22(25(24)26)35-17(3)31/h13,19-22,24-25H,6-12,14H2,1-5H3/t19-,20-,21-,22+,24?,25?,26-,27-,28+/m0/s1. The first-order valence-corrected chi connectivity index (χ1v) is 13.3. The lowest BCUT2D eigenvalue weighted by Gasteiger charge is -2.62. The zero-order valence-corrected chi connectivity index (χ0v) is 22.0. The second kappa shape index (κ2) is 8.59. The number of ether oxygens (including phenoxy) is 4. The minimum absolute atomic E-state index is 0.0608. The minimum Gasteiger partial charge on any atom is -0.462 e. The molecule has 9 atom stereocenters. The highest BCUT2D eigenvalue weighted by atomic mass is 16.6. The molecule has 8 nitrogen and oxygen atoms in total. The molecule has 0 bridgehead atoms. The Bertz CT molecular complexity index is 1020. The molecule has 198 valence electrons. The molecule has 3 saturated carbocycles. The molecule has 4 aliphatic carbocycles. The Morgan fingerprint density at radius 1 is 0.944 bits per heavy atom. The van der Waals surface area contributed by atoms with Crippen LogP contribution in [0, 0.1) is 28.6 Å². The molecule has 5 rings (SSSR count). The van der Waals surface area contributed by atoms with Gasteiger partial charge in [-0.1, -0.05) is 19.4 Å². The largest absolute Gasteiger partial charge is 0.462 e. The molecule has 36 heavy (non-hydrogen) atoms. The minimum atomic E-state index is -0.573. The second-order valence-corrected chi connectivity index (χ2v) is 12.1. The Kier molecular flexibility index (Phi) is 6.03. The van der Waals surface area contributed by atoms with E-state index in [-0.39, 0.29) is 53.1 Å². The molecule has 8 heteroatoms. The van der Waals surface area contributed by atoms with Crippen LogP contribution in [-0.4, -0.2) is 47.8 Å². The van der Waals surface area contributed by atoms with E-state index in [0.29, 0.717) is 25.7 Å². The van der Waals surface area contributed by atoms with E-state index in [1.54, 1.807) is 0 Å². The molecule has 0 aromatic rings. The summed E-state index contributed by atoms with van der Waals surface area (Å²) in [6.45, 7) is 8.69. The van der Waals surface area contributed by atoms with Gasteiger partial charge >= 0.3 is 23.9 Å². The zero-order chi connectivity index (χ0) is 26.0. The molecular formula is C28H38O8. The molecule has 5 aliphatic rings. The third-order valence-electron chi connectivity index (χ3n) is 10.3. The Morgan fingerprint density at radius 2 is 1.64 bits per heavy atom. The Morgan fingerprint density at radius 3 is 2.25 bits per heavy atom. The van der Waals surface area contributed by atoms with Crippen LogP contribution >= 0.6 is 0 Å². The predicted molar refractivity (Wildman–Crippen MR) is 127 cm³/mol. The van der Waals surface area contributed by atoms with Gasteiger partial charge in [0.25, 0.3) is 0 Å². The highest BCUT2D eigenvalue weighted by molar-refractivity contribution is 5.72. The number of carbonyl (C=O) groups is 4. The van der Waals surface area contributed by atoms with Crippen LogP contribution in [0.1, 0.15) is 86.0 Å². The summed E-state index contributed by atoms with van der Waals surface area (Å²) in [7, 11) is 0. The summed E-state index contributed by atoms with van der Waals surface area (Å²) >= 11 is 0. The summed E-state index contributed by atoms with van der Waals surface area (Å²) in [4.78, 5) is 48.6. The maximum absolute atomic E-state index is 12.4. The summed E-state index contributed by atoms with van der Waals surface area (Å²) in [5, 5.41) is 0. The first-order valence-electron chi connectivity index (χ1n) is 13.3. The highest BCUT2D eigenvalue weighted by Crippen LogP contribution is 2.70. The van der Waals surface area contributed by atoms with Gasteiger partial charge in [-0.15, -0.1) is 0 Å². The molecule has 2 unspecified atom stereocenters. The van der Waals surface area contributed by atoms with Gasteiger partial charge in [-0.05, 0) is 55.9 Å². The molecule has 1 heterocycles. The lowest BCUT2D eigenvalue weighted by atomic mass is 9.45. The molecular weight excluding hydrogens is 464 g/mol. The smallest absolute Gasteiger partial charge is 0.306 e. The lowest BCUT2D eigenvalue weighted by molar-refractivity contribution is -0.209. The number of rotatable bonds is 3. The summed E-state index contributed by atoms with van der Waals surface area (Å²) in [5.74, 6) is -1.16. The van der Waals surface area contributed by atoms with Crippen molar-refractivity contribution in [3.63, 3.8) is 0 Å². The van der Waals surface area contributed by atoms with Crippen molar-refractivity contribution in [1.82, 2.24) is 0 Å². The molecule has 1 spiro atoms. The van der Waals surface area contributed by atoms with E-state index in [1.165, 1.54) is 20.8 Å². The van der Waals surface area contributed by atoms with Crippen molar-refractivity contribution in [1.29, 1.82) is 0 Å². The van der Waals surface area contributed by atoms with E-state index in [4.69, 9.17) is 18.9 Å². The molecule has 1 aliphatic heterocycles. The maximum Gasteiger partial charge on any atom is 0.306 e. The van der Waals surface area contributed by atoms with Crippen molar-refractivity contribution in [2.24, 2.45) is 28.6 Å². The van der Waals surface area contributed by atoms with Crippen molar-refractivity contribution in [3.8, 4) is 0 Å². The third-order valence-corrected chi connectivity index (χ3v) is 10.3. The monoisotopic (exact) mass is 502 g/mol. The molecule has 0 radical (unpaired) electrons. The van der Waals surface area contributed by atoms with E-state index in [1.807, 2.05) is 0 Å². The van der Waals surface area contributed by atoms with Gasteiger partial charge in [-0.2, -0.15) is 0 Å². The fourth-order valence-corrected chi connectivity index (χ4v) is 8.92. The van der Waals surface area contributed by atoms with Crippen molar-refractivity contribution in [2.45, 2.75) is 110 Å². The molecule has 0 amide bonds. The van der Waals surface area contributed by atoms with E-state index in [2.05, 4.69) is 19.9 Å². The molecule has 0 aromatic carbocycles. The van der Waals surface area contributed by atoms with Crippen molar-refractivity contribution in [3.05, 3.63) is 11.6 Å². The number of hydrogen-bond acceptors (Lipinski definition) is 8. The van der Waals surface area contributed by atoms with Gasteiger partial charge in [0, 0.05) is 50.9 Å². The van der Waals surface area contributed by atoms with Crippen LogP contribution in [-0.2, 0) is 38.1 Å². The second-order valence-electron chi connectivity index (χ2n) is 12.1. The van der Waals surface area contributed by atoms with Crippen molar-refractivity contribution >= 4 is 23.9 Å². The van der Waals surface area contributed by atoms with Gasteiger partial charge in [0.15, 0.2) is 0 Å². The van der Waals surface area contributed by atoms with Gasteiger partial charge in [0.1, 0.15) is 23.9 Å². The SMILES string of the molecule is CC(=O)O[C@H]1CC[C@@]2(C)C(=C[C@H](OC(C)=O)C3C2[C@H](OC(C)=O)C[C@@]2(C)[C@H]3CC[C@@]23CCC(=O)O3)C1. The van der Waals surface area contributed by atoms with E-state index < -0.39 is 23.2 Å². The van der Waals surface area contributed by atoms with Crippen molar-refractivity contribution in [2.75, 3.05) is 0 Å². The molecule has 0 aromatic heterocycles. The zero-order valence-electron chi connectivity index (χ0n) is 22.0. The van der Waals surface area contributed by atoms with Crippen LogP contribution in [0.5, 0.6) is 0 Å². The first kappa shape index (κ1) is 25.3. The predicted octanol–water partition coefficient (Wildman–Crippen LogP) is 4.04. The fourth-order valence-electron chi connectivity index (χ4n) is 8.92. The Labute approximate surface area is 212 Å². The Hall–Kier alpha value is -2.38. The topological polar surface area (TPSA) is 105 Å². The first-order chi connectivity index (χ1) is 16.9. The summed E-state index contributed by atoms with van der Waals surface area (Å²) in [6.07, 6.45) is 6.38. The molecule has 0 N–H and O–H groups in total. The molecule has 1 saturated heterocycles. The van der Waals surface area contributed by atoms with Crippen LogP contribution in [0.3, 0.4) is 0 Å². The van der Waals surface area contributed by atoms with Crippen LogP contribution in [0.15, 0.2) is 11.6 Å². The number of fused-ring (bicyclic) bond motifs is 6. The van der Waals surface area contributed by atoms with Gasteiger partial charge in [-0.25, -0.2) is 0 Å². The highest BCUT2D eigenvalue weighted by Gasteiger charge is 2.71. The van der Waals surface area contributed by atoms with E-state index in [0.717, 1.165) is 31.3 Å². The summed E-state index contributed by atoms with van der Waals surface area (Å²) in [6, 6.07) is 0. The maximum atomic E-state index is 12.4. The van der Waals surface area contributed by atoms with E-state index in [9.17, 15) is 19.2 Å². The van der Waals surface area contributed by atoms with Crippen LogP contribution in [0.25, 0.3) is 0 Å². The van der Waals surface area contributed by atoms with Crippen LogP contribution < -0.4 is 0 Å². The lowest BCUT2D eigenvalue weighted by Crippen LogP contribution is -2.63. The average Bonchev–Trinajstić information content (AvgIpc) is 3.27. The number of esters is 4. The van der Waals surface area contributed by atoms with Gasteiger partial charge in [0.2, 0.25) is 0 Å². The van der Waals surface area contributed by atoms with Gasteiger partial charge in [0.05, 0.1) is 0 Å². The van der Waals surface area contributed by atoms with Crippen LogP contribution in [0.2, 0.25) is 0 Å². The van der Waals surface area contributed by atoms with Crippen molar-refractivity contribution < 1.29 is 38.1 Å². The van der Waals surface area contributed by atoms with Crippen LogP contribution in [0.4, 0.5) is 0 Å². The summed E-state index contributed by atoms with van der Waals surface area (Å²) < 4.78 is 23.7. The fraction of sp³-hybridized carbons (Fsp3) is 0.786. The quantitative estimate of drug-likeness (QED) is 0.323. The third kappa shape index (κ3) is 3.77. The van der Waals surface area contributed by atoms with Gasteiger partial charge in [-0.3, -0.25) is 19.2 Å². The van der Waals surface area contributed by atoms with E-state index >= 15 is 0 Å². The summed E-state index contributed by atoms with van der Waals surface area (Å²) in [5.41, 5.74) is -0.151. The number of carbonyl (C=O) groups excluding carboxylic acids is 4.